The van der Waals surface area contributed by atoms with Crippen LogP contribution >= 0.6 is 0 Å². The minimum atomic E-state index is -0.228. The van der Waals surface area contributed by atoms with Crippen LogP contribution in [-0.4, -0.2) is 49.7 Å². The first kappa shape index (κ1) is 17.3. The molecule has 2 heterocycles. The molecule has 0 spiro atoms. The zero-order chi connectivity index (χ0) is 17.2. The number of ether oxygens (including phenoxy) is 1. The van der Waals surface area contributed by atoms with Crippen molar-refractivity contribution in [3.8, 4) is 0 Å². The minimum absolute atomic E-state index is 0.0239. The predicted octanol–water partition coefficient (Wildman–Crippen LogP) is 3.24. The van der Waals surface area contributed by atoms with Gasteiger partial charge in [0.1, 0.15) is 6.10 Å². The van der Waals surface area contributed by atoms with Gasteiger partial charge in [-0.05, 0) is 31.9 Å². The van der Waals surface area contributed by atoms with Crippen molar-refractivity contribution >= 4 is 11.7 Å². The molecule has 0 aliphatic carbocycles. The van der Waals surface area contributed by atoms with E-state index in [-0.39, 0.29) is 17.5 Å². The zero-order valence-corrected chi connectivity index (χ0v) is 15.3. The van der Waals surface area contributed by atoms with Crippen molar-refractivity contribution in [3.05, 3.63) is 29.8 Å². The Kier molecular flexibility index (Phi) is 5.14. The van der Waals surface area contributed by atoms with Crippen LogP contribution in [0.4, 0.5) is 5.69 Å². The van der Waals surface area contributed by atoms with Crippen LogP contribution in [0.1, 0.15) is 38.7 Å². The standard InChI is InChI=1S/C20H30N2O2/c1-4-20(5-2)14-18(24-19(20)23)15-21-10-12-22(13-11-21)17-8-6-16(3)7-9-17/h6-9,18H,4-5,10-15H2,1-3H3. The number of esters is 1. The highest BCUT2D eigenvalue weighted by molar-refractivity contribution is 5.79. The van der Waals surface area contributed by atoms with Gasteiger partial charge in [0.2, 0.25) is 0 Å². The first-order chi connectivity index (χ1) is 11.6. The molecule has 132 valence electrons. The molecule has 0 bridgehead atoms. The van der Waals surface area contributed by atoms with Crippen molar-refractivity contribution in [1.82, 2.24) is 4.90 Å². The third-order valence-corrected chi connectivity index (χ3v) is 5.91. The number of carbonyl (C=O) groups excluding carboxylic acids is 1. The van der Waals surface area contributed by atoms with Crippen molar-refractivity contribution in [2.45, 2.75) is 46.1 Å². The summed E-state index contributed by atoms with van der Waals surface area (Å²) in [5, 5.41) is 0. The molecule has 1 atom stereocenters. The number of piperazine rings is 1. The highest BCUT2D eigenvalue weighted by atomic mass is 16.6. The van der Waals surface area contributed by atoms with Crippen LogP contribution in [0.15, 0.2) is 24.3 Å². The number of benzene rings is 1. The fourth-order valence-corrected chi connectivity index (χ4v) is 4.00. The van der Waals surface area contributed by atoms with Crippen LogP contribution < -0.4 is 4.90 Å². The van der Waals surface area contributed by atoms with Gasteiger partial charge in [-0.1, -0.05) is 31.5 Å². The number of carbonyl (C=O) groups is 1. The molecule has 24 heavy (non-hydrogen) atoms. The van der Waals surface area contributed by atoms with Crippen molar-refractivity contribution in [3.63, 3.8) is 0 Å². The van der Waals surface area contributed by atoms with Gasteiger partial charge < -0.3 is 9.64 Å². The van der Waals surface area contributed by atoms with Crippen molar-refractivity contribution < 1.29 is 9.53 Å². The average molecular weight is 330 g/mol. The Morgan fingerprint density at radius 2 is 1.71 bits per heavy atom. The molecule has 3 rings (SSSR count). The van der Waals surface area contributed by atoms with E-state index < -0.39 is 0 Å². The Morgan fingerprint density at radius 3 is 2.25 bits per heavy atom. The Hall–Kier alpha value is -1.55. The van der Waals surface area contributed by atoms with Gasteiger partial charge in [-0.15, -0.1) is 0 Å². The van der Waals surface area contributed by atoms with Crippen LogP contribution in [0.2, 0.25) is 0 Å². The quantitative estimate of drug-likeness (QED) is 0.776. The largest absolute Gasteiger partial charge is 0.461 e. The summed E-state index contributed by atoms with van der Waals surface area (Å²) in [6.07, 6.45) is 2.74. The monoisotopic (exact) mass is 330 g/mol. The predicted molar refractivity (Wildman–Crippen MR) is 97.3 cm³/mol. The van der Waals surface area contributed by atoms with E-state index in [0.29, 0.717) is 0 Å². The average Bonchev–Trinajstić information content (AvgIpc) is 2.92. The molecule has 2 aliphatic heterocycles. The Morgan fingerprint density at radius 1 is 1.08 bits per heavy atom. The number of aryl methyl sites for hydroxylation is 1. The number of hydrogen-bond acceptors (Lipinski definition) is 4. The number of anilines is 1. The van der Waals surface area contributed by atoms with E-state index in [1.165, 1.54) is 11.3 Å². The van der Waals surface area contributed by atoms with E-state index in [2.05, 4.69) is 54.8 Å². The van der Waals surface area contributed by atoms with Gasteiger partial charge in [0.15, 0.2) is 0 Å². The number of nitrogens with zero attached hydrogens (tertiary/aromatic N) is 2. The summed E-state index contributed by atoms with van der Waals surface area (Å²) in [7, 11) is 0. The Bertz CT molecular complexity index is 558. The summed E-state index contributed by atoms with van der Waals surface area (Å²) in [4.78, 5) is 17.1. The molecular weight excluding hydrogens is 300 g/mol. The number of rotatable bonds is 5. The molecule has 4 nitrogen and oxygen atoms in total. The van der Waals surface area contributed by atoms with E-state index in [9.17, 15) is 4.79 Å². The summed E-state index contributed by atoms with van der Waals surface area (Å²) >= 11 is 0. The van der Waals surface area contributed by atoms with Crippen LogP contribution in [0.5, 0.6) is 0 Å². The van der Waals surface area contributed by atoms with Gasteiger partial charge in [-0.3, -0.25) is 9.69 Å². The Balaban J connectivity index is 1.51. The maximum absolute atomic E-state index is 12.2. The molecule has 0 radical (unpaired) electrons. The lowest BCUT2D eigenvalue weighted by Gasteiger charge is -2.37. The lowest BCUT2D eigenvalue weighted by Crippen LogP contribution is -2.48. The molecule has 1 aromatic carbocycles. The topological polar surface area (TPSA) is 32.8 Å². The van der Waals surface area contributed by atoms with Crippen molar-refractivity contribution in [2.75, 3.05) is 37.6 Å². The zero-order valence-electron chi connectivity index (χ0n) is 15.3. The summed E-state index contributed by atoms with van der Waals surface area (Å²) in [5.41, 5.74) is 2.38. The highest BCUT2D eigenvalue weighted by Gasteiger charge is 2.46. The number of hydrogen-bond donors (Lipinski definition) is 0. The molecular formula is C20H30N2O2. The lowest BCUT2D eigenvalue weighted by molar-refractivity contribution is -0.149. The van der Waals surface area contributed by atoms with E-state index in [1.807, 2.05) is 0 Å². The van der Waals surface area contributed by atoms with Gasteiger partial charge in [0.25, 0.3) is 0 Å². The molecule has 0 aromatic heterocycles. The first-order valence-electron chi connectivity index (χ1n) is 9.31. The lowest BCUT2D eigenvalue weighted by atomic mass is 9.79. The van der Waals surface area contributed by atoms with Crippen LogP contribution in [0.25, 0.3) is 0 Å². The van der Waals surface area contributed by atoms with Crippen LogP contribution in [0, 0.1) is 12.3 Å². The SMILES string of the molecule is CCC1(CC)CC(CN2CCN(c3ccc(C)cc3)CC2)OC1=O. The van der Waals surface area contributed by atoms with Crippen molar-refractivity contribution in [2.24, 2.45) is 5.41 Å². The van der Waals surface area contributed by atoms with Gasteiger partial charge in [0.05, 0.1) is 5.41 Å². The van der Waals surface area contributed by atoms with E-state index in [0.717, 1.165) is 52.0 Å². The Labute approximate surface area is 145 Å². The smallest absolute Gasteiger partial charge is 0.312 e. The van der Waals surface area contributed by atoms with Gasteiger partial charge in [-0.25, -0.2) is 0 Å². The second-order valence-corrected chi connectivity index (χ2v) is 7.34. The van der Waals surface area contributed by atoms with E-state index in [1.54, 1.807) is 0 Å². The van der Waals surface area contributed by atoms with Crippen LogP contribution in [-0.2, 0) is 9.53 Å². The van der Waals surface area contributed by atoms with Crippen LogP contribution in [0.3, 0.4) is 0 Å². The summed E-state index contributed by atoms with van der Waals surface area (Å²) in [5.74, 6) is 0.0239. The first-order valence-corrected chi connectivity index (χ1v) is 9.31. The van der Waals surface area contributed by atoms with Crippen molar-refractivity contribution in [1.29, 1.82) is 0 Å². The molecule has 2 fully saturated rings. The molecule has 1 unspecified atom stereocenters. The maximum Gasteiger partial charge on any atom is 0.312 e. The highest BCUT2D eigenvalue weighted by Crippen LogP contribution is 2.40. The van der Waals surface area contributed by atoms with Gasteiger partial charge in [-0.2, -0.15) is 0 Å². The fraction of sp³-hybridized carbons (Fsp3) is 0.650. The molecule has 0 N–H and O–H groups in total. The molecule has 2 aliphatic rings. The molecule has 1 aromatic rings. The molecule has 0 amide bonds. The van der Waals surface area contributed by atoms with Gasteiger partial charge >= 0.3 is 5.97 Å². The summed E-state index contributed by atoms with van der Waals surface area (Å²) in [6, 6.07) is 8.77. The molecule has 0 saturated carbocycles. The van der Waals surface area contributed by atoms with E-state index in [4.69, 9.17) is 4.74 Å². The minimum Gasteiger partial charge on any atom is -0.461 e. The molecule has 4 heteroatoms. The molecule has 2 saturated heterocycles. The van der Waals surface area contributed by atoms with Gasteiger partial charge in [0, 0.05) is 44.8 Å². The third-order valence-electron chi connectivity index (χ3n) is 5.91. The maximum atomic E-state index is 12.2. The summed E-state index contributed by atoms with van der Waals surface area (Å²) in [6.45, 7) is 11.4. The second kappa shape index (κ2) is 7.14. The normalized spacial score (nSPS) is 24.2. The third kappa shape index (κ3) is 3.44. The van der Waals surface area contributed by atoms with E-state index >= 15 is 0 Å². The second-order valence-electron chi connectivity index (χ2n) is 7.34. The summed E-state index contributed by atoms with van der Waals surface area (Å²) < 4.78 is 5.69. The fourth-order valence-electron chi connectivity index (χ4n) is 4.00. The number of cyclic esters (lactones) is 1.